The molecule has 0 saturated carbocycles. The lowest BCUT2D eigenvalue weighted by Gasteiger charge is -2.22. The third-order valence-electron chi connectivity index (χ3n) is 3.68. The highest BCUT2D eigenvalue weighted by atomic mass is 16.7. The summed E-state index contributed by atoms with van der Waals surface area (Å²) < 4.78 is 0. The third kappa shape index (κ3) is 2.07. The molecule has 2 heterocycles. The largest absolute Gasteiger partial charge is 0.465 e. The summed E-state index contributed by atoms with van der Waals surface area (Å²) in [4.78, 5) is 18.1. The lowest BCUT2D eigenvalue weighted by molar-refractivity contribution is -0.141. The number of fused-ring (bicyclic) bond motifs is 1. The van der Waals surface area contributed by atoms with E-state index >= 15 is 0 Å². The quantitative estimate of drug-likeness (QED) is 0.859. The maximum atomic E-state index is 11.0. The molecule has 1 amide bonds. The number of carboxylic acid groups (broad SMARTS) is 1. The van der Waals surface area contributed by atoms with Gasteiger partial charge in [-0.2, -0.15) is 5.06 Å². The molecule has 0 aliphatic carbocycles. The zero-order valence-corrected chi connectivity index (χ0v) is 10.0. The van der Waals surface area contributed by atoms with Gasteiger partial charge in [0, 0.05) is 25.6 Å². The smallest absolute Gasteiger partial charge is 0.407 e. The van der Waals surface area contributed by atoms with Gasteiger partial charge in [-0.25, -0.2) is 4.79 Å². The van der Waals surface area contributed by atoms with E-state index in [0.717, 1.165) is 6.54 Å². The predicted molar refractivity (Wildman–Crippen MR) is 64.8 cm³/mol. The molecule has 2 fully saturated rings. The van der Waals surface area contributed by atoms with E-state index in [9.17, 15) is 4.79 Å². The van der Waals surface area contributed by atoms with Crippen molar-refractivity contribution >= 4 is 6.09 Å². The number of likely N-dealkylation sites (tertiary alicyclic amines) is 1. The number of rotatable bonds is 2. The average Bonchev–Trinajstić information content (AvgIpc) is 2.93. The van der Waals surface area contributed by atoms with E-state index in [2.05, 4.69) is 12.1 Å². The second-order valence-electron chi connectivity index (χ2n) is 4.87. The number of hydrogen-bond acceptors (Lipinski definition) is 3. The Bertz CT molecular complexity index is 437. The molecule has 2 aliphatic rings. The van der Waals surface area contributed by atoms with E-state index in [4.69, 9.17) is 9.94 Å². The van der Waals surface area contributed by atoms with Crippen molar-refractivity contribution in [2.45, 2.75) is 12.6 Å². The van der Waals surface area contributed by atoms with Gasteiger partial charge in [0.05, 0.1) is 12.6 Å². The normalized spacial score (nSPS) is 27.4. The van der Waals surface area contributed by atoms with Crippen LogP contribution in [0.2, 0.25) is 0 Å². The molecule has 0 bridgehead atoms. The van der Waals surface area contributed by atoms with Gasteiger partial charge in [0.1, 0.15) is 0 Å². The van der Waals surface area contributed by atoms with Gasteiger partial charge < -0.3 is 10.0 Å². The van der Waals surface area contributed by atoms with Crippen LogP contribution in [-0.4, -0.2) is 46.9 Å². The summed E-state index contributed by atoms with van der Waals surface area (Å²) in [5, 5.41) is 10.9. The van der Waals surface area contributed by atoms with E-state index in [1.807, 2.05) is 23.3 Å². The number of hydrogen-bond donors (Lipinski definition) is 1. The minimum atomic E-state index is -0.830. The number of amides is 1. The lowest BCUT2D eigenvalue weighted by Crippen LogP contribution is -2.35. The second-order valence-corrected chi connectivity index (χ2v) is 4.87. The molecule has 5 heteroatoms. The fourth-order valence-corrected chi connectivity index (χ4v) is 2.71. The van der Waals surface area contributed by atoms with E-state index in [1.54, 1.807) is 0 Å². The molecule has 18 heavy (non-hydrogen) atoms. The Labute approximate surface area is 106 Å². The Kier molecular flexibility index (Phi) is 2.93. The van der Waals surface area contributed by atoms with Gasteiger partial charge >= 0.3 is 6.09 Å². The molecule has 1 aromatic rings. The molecular formula is C13H16N2O3. The zero-order chi connectivity index (χ0) is 12.5. The average molecular weight is 248 g/mol. The molecule has 2 aliphatic heterocycles. The molecule has 5 nitrogen and oxygen atoms in total. The van der Waals surface area contributed by atoms with Crippen molar-refractivity contribution in [2.75, 3.05) is 19.7 Å². The SMILES string of the molecule is O=C(O)N1CC2CON(Cc3ccccc3)C2C1. The summed E-state index contributed by atoms with van der Waals surface area (Å²) in [6.07, 6.45) is -0.830. The summed E-state index contributed by atoms with van der Waals surface area (Å²) in [6.45, 7) is 2.48. The lowest BCUT2D eigenvalue weighted by atomic mass is 10.1. The Morgan fingerprint density at radius 3 is 2.83 bits per heavy atom. The summed E-state index contributed by atoms with van der Waals surface area (Å²) in [5.74, 6) is 0.310. The Balaban J connectivity index is 1.67. The van der Waals surface area contributed by atoms with E-state index in [0.29, 0.717) is 25.6 Å². The zero-order valence-electron chi connectivity index (χ0n) is 10.0. The Hall–Kier alpha value is -1.59. The number of nitrogens with zero attached hydrogens (tertiary/aromatic N) is 2. The van der Waals surface area contributed by atoms with Crippen LogP contribution in [0.25, 0.3) is 0 Å². The standard InChI is InChI=1S/C13H16N2O3/c16-13(17)14-7-11-9-18-15(12(11)8-14)6-10-4-2-1-3-5-10/h1-5,11-12H,6-9H2,(H,16,17). The molecule has 2 saturated heterocycles. The minimum Gasteiger partial charge on any atom is -0.465 e. The van der Waals surface area contributed by atoms with Crippen LogP contribution in [0.15, 0.2) is 30.3 Å². The molecule has 2 atom stereocenters. The van der Waals surface area contributed by atoms with Crippen LogP contribution in [0.3, 0.4) is 0 Å². The van der Waals surface area contributed by atoms with Crippen molar-refractivity contribution < 1.29 is 14.7 Å². The molecule has 0 aromatic heterocycles. The number of benzene rings is 1. The molecule has 1 aromatic carbocycles. The highest BCUT2D eigenvalue weighted by Gasteiger charge is 2.44. The molecule has 1 N–H and O–H groups in total. The van der Waals surface area contributed by atoms with Gasteiger partial charge in [0.15, 0.2) is 0 Å². The first-order valence-corrected chi connectivity index (χ1v) is 6.15. The van der Waals surface area contributed by atoms with Gasteiger partial charge in [-0.05, 0) is 5.56 Å². The third-order valence-corrected chi connectivity index (χ3v) is 3.68. The summed E-state index contributed by atoms with van der Waals surface area (Å²) >= 11 is 0. The molecule has 3 rings (SSSR count). The fraction of sp³-hybridized carbons (Fsp3) is 0.462. The van der Waals surface area contributed by atoms with Gasteiger partial charge in [0.2, 0.25) is 0 Å². The Morgan fingerprint density at radius 2 is 2.11 bits per heavy atom. The van der Waals surface area contributed by atoms with Crippen molar-refractivity contribution in [1.29, 1.82) is 0 Å². The van der Waals surface area contributed by atoms with Gasteiger partial charge in [-0.3, -0.25) is 4.84 Å². The van der Waals surface area contributed by atoms with E-state index in [1.165, 1.54) is 10.5 Å². The van der Waals surface area contributed by atoms with Crippen LogP contribution in [0.4, 0.5) is 4.79 Å². The van der Waals surface area contributed by atoms with Crippen molar-refractivity contribution in [3.05, 3.63) is 35.9 Å². The van der Waals surface area contributed by atoms with Crippen molar-refractivity contribution in [3.63, 3.8) is 0 Å². The van der Waals surface area contributed by atoms with Crippen LogP contribution < -0.4 is 0 Å². The van der Waals surface area contributed by atoms with Crippen LogP contribution in [0.5, 0.6) is 0 Å². The van der Waals surface area contributed by atoms with Crippen LogP contribution in [-0.2, 0) is 11.4 Å². The van der Waals surface area contributed by atoms with Crippen molar-refractivity contribution in [2.24, 2.45) is 5.92 Å². The summed E-state index contributed by atoms with van der Waals surface area (Å²) in [6, 6.07) is 10.3. The van der Waals surface area contributed by atoms with Gasteiger partial charge in [-0.1, -0.05) is 30.3 Å². The van der Waals surface area contributed by atoms with Crippen LogP contribution >= 0.6 is 0 Å². The van der Waals surface area contributed by atoms with Crippen molar-refractivity contribution in [3.8, 4) is 0 Å². The van der Waals surface area contributed by atoms with E-state index in [-0.39, 0.29) is 6.04 Å². The highest BCUT2D eigenvalue weighted by Crippen LogP contribution is 2.30. The monoisotopic (exact) mass is 248 g/mol. The predicted octanol–water partition coefficient (Wildman–Crippen LogP) is 1.41. The summed E-state index contributed by atoms with van der Waals surface area (Å²) in [5.41, 5.74) is 1.19. The highest BCUT2D eigenvalue weighted by molar-refractivity contribution is 5.65. The summed E-state index contributed by atoms with van der Waals surface area (Å²) in [7, 11) is 0. The fourth-order valence-electron chi connectivity index (χ4n) is 2.71. The molecule has 0 radical (unpaired) electrons. The molecule has 96 valence electrons. The second kappa shape index (κ2) is 4.59. The maximum absolute atomic E-state index is 11.0. The number of carbonyl (C=O) groups is 1. The first-order chi connectivity index (χ1) is 8.74. The van der Waals surface area contributed by atoms with Crippen LogP contribution in [0.1, 0.15) is 5.56 Å². The van der Waals surface area contributed by atoms with E-state index < -0.39 is 6.09 Å². The number of hydroxylamine groups is 2. The Morgan fingerprint density at radius 1 is 1.33 bits per heavy atom. The molecule has 0 spiro atoms. The first kappa shape index (κ1) is 11.5. The molecular weight excluding hydrogens is 232 g/mol. The van der Waals surface area contributed by atoms with Gasteiger partial charge in [0.25, 0.3) is 0 Å². The van der Waals surface area contributed by atoms with Crippen LogP contribution in [0, 0.1) is 5.92 Å². The topological polar surface area (TPSA) is 53.0 Å². The maximum Gasteiger partial charge on any atom is 0.407 e. The molecule has 2 unspecified atom stereocenters. The minimum absolute atomic E-state index is 0.196. The van der Waals surface area contributed by atoms with Gasteiger partial charge in [-0.15, -0.1) is 0 Å². The van der Waals surface area contributed by atoms with Crippen molar-refractivity contribution in [1.82, 2.24) is 9.96 Å². The first-order valence-electron chi connectivity index (χ1n) is 6.15.